The van der Waals surface area contributed by atoms with Crippen LogP contribution in [-0.4, -0.2) is 4.98 Å². The summed E-state index contributed by atoms with van der Waals surface area (Å²) < 4.78 is 1.49. The second-order valence-electron chi connectivity index (χ2n) is 3.35. The van der Waals surface area contributed by atoms with Gasteiger partial charge in [-0.2, -0.15) is 0 Å². The van der Waals surface area contributed by atoms with E-state index in [-0.39, 0.29) is 11.3 Å². The van der Waals surface area contributed by atoms with Gasteiger partial charge < -0.3 is 10.1 Å². The van der Waals surface area contributed by atoms with Crippen molar-refractivity contribution in [1.29, 1.82) is 0 Å². The van der Waals surface area contributed by atoms with E-state index >= 15 is 0 Å². The van der Waals surface area contributed by atoms with E-state index in [4.69, 9.17) is 0 Å². The first-order valence-corrected chi connectivity index (χ1v) is 6.93. The van der Waals surface area contributed by atoms with E-state index in [0.717, 1.165) is 3.57 Å². The minimum Gasteiger partial charge on any atom is -0.869 e. The third-order valence-electron chi connectivity index (χ3n) is 2.01. The van der Waals surface area contributed by atoms with Crippen molar-refractivity contribution in [2.75, 3.05) is 0 Å². The van der Waals surface area contributed by atoms with E-state index in [0.29, 0.717) is 9.26 Å². The Morgan fingerprint density at radius 1 is 1.25 bits per heavy atom. The Balaban J connectivity index is 2.39. The van der Waals surface area contributed by atoms with Gasteiger partial charge in [-0.3, -0.25) is 4.79 Å². The van der Waals surface area contributed by atoms with E-state index in [1.54, 1.807) is 6.92 Å². The number of hydrogen-bond donors (Lipinski definition) is 1. The monoisotopic (exact) mass is 327 g/mol. The van der Waals surface area contributed by atoms with Crippen LogP contribution in [0.3, 0.4) is 0 Å². The van der Waals surface area contributed by atoms with Crippen LogP contribution in [0, 0.1) is 14.1 Å². The van der Waals surface area contributed by atoms with Gasteiger partial charge in [0.2, 0.25) is 0 Å². The van der Waals surface area contributed by atoms with Crippen molar-refractivity contribution < 1.29 is 26.3 Å². The molecule has 0 fully saturated rings. The molecule has 0 spiro atoms. The van der Waals surface area contributed by atoms with E-state index < -0.39 is 21.2 Å². The zero-order chi connectivity index (χ0) is 11.5. The van der Waals surface area contributed by atoms with Crippen LogP contribution in [0.25, 0.3) is 0 Å². The van der Waals surface area contributed by atoms with Gasteiger partial charge in [0, 0.05) is 5.69 Å². The maximum absolute atomic E-state index is 11.7. The molecular weight excluding hydrogens is 317 g/mol. The van der Waals surface area contributed by atoms with Crippen LogP contribution in [0.15, 0.2) is 41.2 Å². The summed E-state index contributed by atoms with van der Waals surface area (Å²) >= 11 is -0.684. The molecule has 1 heterocycles. The number of rotatable bonds is 2. The molecule has 1 aromatic heterocycles. The highest BCUT2D eigenvalue weighted by atomic mass is 127. The predicted octanol–water partition coefficient (Wildman–Crippen LogP) is -2.11. The molecule has 0 aliphatic rings. The highest BCUT2D eigenvalue weighted by Crippen LogP contribution is 1.99. The largest absolute Gasteiger partial charge is 0.869 e. The summed E-state index contributed by atoms with van der Waals surface area (Å²) in [5.41, 5.74) is 0.387. The van der Waals surface area contributed by atoms with Crippen molar-refractivity contribution in [3.8, 4) is 5.75 Å². The predicted molar refractivity (Wildman–Crippen MR) is 55.1 cm³/mol. The quantitative estimate of drug-likeness (QED) is 0.642. The second kappa shape index (κ2) is 4.69. The molecule has 2 rings (SSSR count). The molecular formula is C12H10INO2. The Kier molecular flexibility index (Phi) is 3.28. The molecule has 0 atom stereocenters. The number of pyridine rings is 1. The molecule has 1 aromatic carbocycles. The van der Waals surface area contributed by atoms with Crippen LogP contribution in [0.2, 0.25) is 0 Å². The number of hydrogen-bond acceptors (Lipinski definition) is 2. The molecule has 0 bridgehead atoms. The topological polar surface area (TPSA) is 55.9 Å². The van der Waals surface area contributed by atoms with Gasteiger partial charge in [0.1, 0.15) is 0 Å². The van der Waals surface area contributed by atoms with Crippen molar-refractivity contribution in [3.63, 3.8) is 0 Å². The van der Waals surface area contributed by atoms with Crippen LogP contribution in [0.5, 0.6) is 5.75 Å². The molecule has 0 aliphatic carbocycles. The lowest BCUT2D eigenvalue weighted by molar-refractivity contribution is -0.605. The fraction of sp³-hybridized carbons (Fsp3) is 0.0833. The first-order valence-electron chi connectivity index (χ1n) is 4.77. The molecule has 0 aliphatic heterocycles. The van der Waals surface area contributed by atoms with E-state index in [9.17, 15) is 9.90 Å². The van der Waals surface area contributed by atoms with Crippen molar-refractivity contribution in [3.05, 3.63) is 59.6 Å². The minimum absolute atomic E-state index is 0.141. The normalized spacial score (nSPS) is 10.3. The van der Waals surface area contributed by atoms with Gasteiger partial charge in [0.05, 0.1) is 0 Å². The lowest BCUT2D eigenvalue weighted by Gasteiger charge is -2.04. The van der Waals surface area contributed by atoms with Crippen LogP contribution in [0.1, 0.15) is 5.69 Å². The maximum atomic E-state index is 11.7. The van der Waals surface area contributed by atoms with Crippen molar-refractivity contribution in [2.45, 2.75) is 6.92 Å². The lowest BCUT2D eigenvalue weighted by atomic mass is 10.4. The first kappa shape index (κ1) is 11.2. The van der Waals surface area contributed by atoms with E-state index in [2.05, 4.69) is 4.98 Å². The average Bonchev–Trinajstić information content (AvgIpc) is 2.25. The standard InChI is InChI=1S/C12H10INO2/c1-8-7-10(15)11(12(16)14-8)13-9-5-3-2-4-6-9/h2-7H,1H3,(H-,14,15,16). The Morgan fingerprint density at radius 3 is 2.56 bits per heavy atom. The summed E-state index contributed by atoms with van der Waals surface area (Å²) in [5, 5.41) is 11.7. The molecule has 2 aromatic rings. The van der Waals surface area contributed by atoms with Crippen molar-refractivity contribution >= 4 is 0 Å². The van der Waals surface area contributed by atoms with E-state index in [1.807, 2.05) is 30.3 Å². The second-order valence-corrected chi connectivity index (χ2v) is 6.21. The third kappa shape index (κ3) is 2.44. The number of aromatic amines is 1. The summed E-state index contributed by atoms with van der Waals surface area (Å²) in [7, 11) is 0. The van der Waals surface area contributed by atoms with Gasteiger partial charge in [-0.05, 0) is 30.9 Å². The molecule has 4 heteroatoms. The van der Waals surface area contributed by atoms with Crippen molar-refractivity contribution in [1.82, 2.24) is 4.98 Å². The fourth-order valence-corrected chi connectivity index (χ4v) is 3.52. The minimum atomic E-state index is -0.684. The van der Waals surface area contributed by atoms with Crippen molar-refractivity contribution in [2.24, 2.45) is 0 Å². The number of aromatic nitrogens is 1. The number of H-pyrrole nitrogens is 1. The zero-order valence-electron chi connectivity index (χ0n) is 8.66. The van der Waals surface area contributed by atoms with Gasteiger partial charge in [0.25, 0.3) is 3.57 Å². The summed E-state index contributed by atoms with van der Waals surface area (Å²) in [6.45, 7) is 1.72. The van der Waals surface area contributed by atoms with Gasteiger partial charge in [-0.1, -0.05) is 18.2 Å². The van der Waals surface area contributed by atoms with Gasteiger partial charge >= 0.3 is 26.8 Å². The molecule has 3 nitrogen and oxygen atoms in total. The molecule has 0 saturated heterocycles. The Morgan fingerprint density at radius 2 is 1.94 bits per heavy atom. The molecule has 0 radical (unpaired) electrons. The van der Waals surface area contributed by atoms with Gasteiger partial charge in [-0.25, -0.2) is 0 Å². The van der Waals surface area contributed by atoms with Crippen LogP contribution < -0.4 is 31.9 Å². The summed E-state index contributed by atoms with van der Waals surface area (Å²) in [6, 6.07) is 11.1. The highest BCUT2D eigenvalue weighted by molar-refractivity contribution is 5.18. The Hall–Kier alpha value is -1.30. The summed E-state index contributed by atoms with van der Waals surface area (Å²) in [5.74, 6) is -0.141. The third-order valence-corrected chi connectivity index (χ3v) is 4.91. The Bertz CT molecular complexity index is 549. The highest BCUT2D eigenvalue weighted by Gasteiger charge is 2.20. The average molecular weight is 327 g/mol. The molecule has 1 N–H and O–H groups in total. The molecule has 16 heavy (non-hydrogen) atoms. The van der Waals surface area contributed by atoms with Crippen LogP contribution in [-0.2, 0) is 0 Å². The number of aryl methyl sites for hydroxylation is 1. The first-order chi connectivity index (χ1) is 7.66. The van der Waals surface area contributed by atoms with Gasteiger partial charge in [0.15, 0.2) is 3.57 Å². The number of nitrogens with one attached hydrogen (secondary N) is 1. The SMILES string of the molecule is Cc1cc([O-])c([I+]c2ccccc2)c(=O)[nH]1. The fourth-order valence-electron chi connectivity index (χ4n) is 1.32. The zero-order valence-corrected chi connectivity index (χ0v) is 10.8. The van der Waals surface area contributed by atoms with E-state index in [1.165, 1.54) is 6.07 Å². The van der Waals surface area contributed by atoms with Gasteiger partial charge in [-0.15, -0.1) is 0 Å². The number of benzene rings is 1. The molecule has 82 valence electrons. The lowest BCUT2D eigenvalue weighted by Crippen LogP contribution is -3.62. The molecule has 0 saturated carbocycles. The molecule has 0 amide bonds. The summed E-state index contributed by atoms with van der Waals surface area (Å²) in [6.07, 6.45) is 0. The van der Waals surface area contributed by atoms with Crippen LogP contribution >= 0.6 is 0 Å². The Labute approximate surface area is 103 Å². The maximum Gasteiger partial charge on any atom is 0.363 e. The smallest absolute Gasteiger partial charge is 0.363 e. The molecule has 0 unspecified atom stereocenters. The summed E-state index contributed by atoms with van der Waals surface area (Å²) in [4.78, 5) is 14.3. The number of halogens is 1. The van der Waals surface area contributed by atoms with Crippen LogP contribution in [0.4, 0.5) is 0 Å².